The molecule has 1 unspecified atom stereocenters. The molecular weight excluding hydrogens is 244 g/mol. The summed E-state index contributed by atoms with van der Waals surface area (Å²) in [6, 6.07) is 7.16. The molecule has 0 spiro atoms. The zero-order valence-corrected chi connectivity index (χ0v) is 10.9. The topological polar surface area (TPSA) is 69.6 Å². The van der Waals surface area contributed by atoms with Crippen molar-refractivity contribution < 1.29 is 14.7 Å². The summed E-state index contributed by atoms with van der Waals surface area (Å²) in [6.45, 7) is 3.32. The third-order valence-corrected chi connectivity index (χ3v) is 3.30. The first-order valence-corrected chi connectivity index (χ1v) is 6.36. The zero-order valence-electron chi connectivity index (χ0n) is 10.9. The number of carbonyl (C=O) groups is 2. The quantitative estimate of drug-likeness (QED) is 0.828. The first-order valence-electron chi connectivity index (χ1n) is 6.36. The van der Waals surface area contributed by atoms with Gasteiger partial charge in [0, 0.05) is 19.6 Å². The SMILES string of the molecule is Cc1ccc(CC(=O)N2CCNC(C(=O)O)C2)cc1. The highest BCUT2D eigenvalue weighted by Gasteiger charge is 2.27. The van der Waals surface area contributed by atoms with Crippen LogP contribution in [-0.4, -0.2) is 47.6 Å². The van der Waals surface area contributed by atoms with Crippen LogP contribution in [-0.2, 0) is 16.0 Å². The maximum atomic E-state index is 12.1. The van der Waals surface area contributed by atoms with Crippen LogP contribution >= 0.6 is 0 Å². The van der Waals surface area contributed by atoms with Crippen molar-refractivity contribution in [2.75, 3.05) is 19.6 Å². The minimum absolute atomic E-state index is 0.0170. The van der Waals surface area contributed by atoms with Crippen molar-refractivity contribution in [1.82, 2.24) is 10.2 Å². The summed E-state index contributed by atoms with van der Waals surface area (Å²) in [7, 11) is 0. The molecule has 5 heteroatoms. The first kappa shape index (κ1) is 13.5. The number of aryl methyl sites for hydroxylation is 1. The third kappa shape index (κ3) is 3.54. The molecule has 0 bridgehead atoms. The van der Waals surface area contributed by atoms with Crippen LogP contribution in [0.1, 0.15) is 11.1 Å². The zero-order chi connectivity index (χ0) is 13.8. The van der Waals surface area contributed by atoms with Gasteiger partial charge in [-0.25, -0.2) is 0 Å². The van der Waals surface area contributed by atoms with Gasteiger partial charge in [0.25, 0.3) is 0 Å². The number of amides is 1. The Bertz CT molecular complexity index is 470. The molecule has 0 radical (unpaired) electrons. The number of carboxylic acids is 1. The molecule has 2 N–H and O–H groups in total. The predicted octanol–water partition coefficient (Wildman–Crippen LogP) is 0.423. The number of aliphatic carboxylic acids is 1. The second kappa shape index (κ2) is 5.84. The highest BCUT2D eigenvalue weighted by Crippen LogP contribution is 2.08. The third-order valence-electron chi connectivity index (χ3n) is 3.30. The number of carbonyl (C=O) groups excluding carboxylic acids is 1. The fourth-order valence-electron chi connectivity index (χ4n) is 2.13. The number of hydrogen-bond donors (Lipinski definition) is 2. The van der Waals surface area contributed by atoms with Crippen molar-refractivity contribution in [2.24, 2.45) is 0 Å². The molecule has 1 aliphatic rings. The summed E-state index contributed by atoms with van der Waals surface area (Å²) in [6.07, 6.45) is 0.326. The van der Waals surface area contributed by atoms with Gasteiger partial charge in [-0.3, -0.25) is 9.59 Å². The second-order valence-corrected chi connectivity index (χ2v) is 4.85. The van der Waals surface area contributed by atoms with E-state index in [9.17, 15) is 9.59 Å². The van der Waals surface area contributed by atoms with E-state index in [1.54, 1.807) is 4.90 Å². The molecule has 0 saturated carbocycles. The smallest absolute Gasteiger partial charge is 0.322 e. The monoisotopic (exact) mass is 262 g/mol. The fraction of sp³-hybridized carbons (Fsp3) is 0.429. The first-order chi connectivity index (χ1) is 9.06. The van der Waals surface area contributed by atoms with E-state index in [0.717, 1.165) is 11.1 Å². The number of benzene rings is 1. The number of rotatable bonds is 3. The second-order valence-electron chi connectivity index (χ2n) is 4.85. The number of nitrogens with zero attached hydrogens (tertiary/aromatic N) is 1. The van der Waals surface area contributed by atoms with Gasteiger partial charge in [0.1, 0.15) is 6.04 Å². The van der Waals surface area contributed by atoms with E-state index in [1.807, 2.05) is 31.2 Å². The van der Waals surface area contributed by atoms with E-state index in [4.69, 9.17) is 5.11 Å². The Hall–Kier alpha value is -1.88. The molecule has 1 aromatic carbocycles. The average Bonchev–Trinajstić information content (AvgIpc) is 2.41. The van der Waals surface area contributed by atoms with Gasteiger partial charge in [-0.05, 0) is 12.5 Å². The molecule has 1 amide bonds. The highest BCUT2D eigenvalue weighted by molar-refractivity contribution is 5.81. The molecule has 1 atom stereocenters. The Morgan fingerprint density at radius 2 is 2.05 bits per heavy atom. The molecule has 0 aliphatic carbocycles. The van der Waals surface area contributed by atoms with Crippen molar-refractivity contribution >= 4 is 11.9 Å². The van der Waals surface area contributed by atoms with Crippen LogP contribution in [0.25, 0.3) is 0 Å². The van der Waals surface area contributed by atoms with E-state index in [0.29, 0.717) is 19.5 Å². The van der Waals surface area contributed by atoms with Gasteiger partial charge in [-0.2, -0.15) is 0 Å². The molecule has 0 aromatic heterocycles. The van der Waals surface area contributed by atoms with Crippen LogP contribution in [0.4, 0.5) is 0 Å². The summed E-state index contributed by atoms with van der Waals surface area (Å²) in [5, 5.41) is 11.8. The molecule has 5 nitrogen and oxygen atoms in total. The number of piperazine rings is 1. The Kier molecular flexibility index (Phi) is 4.16. The normalized spacial score (nSPS) is 19.2. The molecule has 1 aromatic rings. The van der Waals surface area contributed by atoms with Crippen LogP contribution < -0.4 is 5.32 Å². The summed E-state index contributed by atoms with van der Waals surface area (Å²) < 4.78 is 0. The Morgan fingerprint density at radius 1 is 1.37 bits per heavy atom. The maximum Gasteiger partial charge on any atom is 0.322 e. The standard InChI is InChI=1S/C14H18N2O3/c1-10-2-4-11(5-3-10)8-13(17)16-7-6-15-12(9-16)14(18)19/h2-5,12,15H,6-9H2,1H3,(H,18,19). The van der Waals surface area contributed by atoms with Crippen LogP contribution in [0.5, 0.6) is 0 Å². The molecule has 19 heavy (non-hydrogen) atoms. The molecule has 2 rings (SSSR count). The molecule has 1 saturated heterocycles. The average molecular weight is 262 g/mol. The molecule has 1 aliphatic heterocycles. The van der Waals surface area contributed by atoms with Crippen molar-refractivity contribution in [1.29, 1.82) is 0 Å². The lowest BCUT2D eigenvalue weighted by atomic mass is 10.1. The lowest BCUT2D eigenvalue weighted by Crippen LogP contribution is -2.56. The van der Waals surface area contributed by atoms with Gasteiger partial charge in [-0.1, -0.05) is 29.8 Å². The molecule has 1 fully saturated rings. The van der Waals surface area contributed by atoms with Gasteiger partial charge in [0.2, 0.25) is 5.91 Å². The van der Waals surface area contributed by atoms with E-state index in [2.05, 4.69) is 5.32 Å². The largest absolute Gasteiger partial charge is 0.480 e. The number of hydrogen-bond acceptors (Lipinski definition) is 3. The molecule has 102 valence electrons. The maximum absolute atomic E-state index is 12.1. The Balaban J connectivity index is 1.96. The van der Waals surface area contributed by atoms with Crippen molar-refractivity contribution in [3.8, 4) is 0 Å². The number of carboxylic acid groups (broad SMARTS) is 1. The van der Waals surface area contributed by atoms with Crippen molar-refractivity contribution in [3.05, 3.63) is 35.4 Å². The van der Waals surface area contributed by atoms with Crippen LogP contribution in [0.3, 0.4) is 0 Å². The van der Waals surface area contributed by atoms with Crippen LogP contribution in [0.15, 0.2) is 24.3 Å². The molecular formula is C14H18N2O3. The Morgan fingerprint density at radius 3 is 2.68 bits per heavy atom. The summed E-state index contributed by atoms with van der Waals surface area (Å²) >= 11 is 0. The van der Waals surface area contributed by atoms with Crippen molar-refractivity contribution in [2.45, 2.75) is 19.4 Å². The summed E-state index contributed by atoms with van der Waals surface area (Å²) in [5.41, 5.74) is 2.12. The van der Waals surface area contributed by atoms with Crippen LogP contribution in [0, 0.1) is 6.92 Å². The van der Waals surface area contributed by atoms with Gasteiger partial charge < -0.3 is 15.3 Å². The van der Waals surface area contributed by atoms with Gasteiger partial charge >= 0.3 is 5.97 Å². The molecule has 1 heterocycles. The summed E-state index contributed by atoms with van der Waals surface area (Å²) in [4.78, 5) is 24.7. The van der Waals surface area contributed by atoms with Gasteiger partial charge in [0.05, 0.1) is 6.42 Å². The van der Waals surface area contributed by atoms with Gasteiger partial charge in [-0.15, -0.1) is 0 Å². The lowest BCUT2D eigenvalue weighted by molar-refractivity contribution is -0.142. The van der Waals surface area contributed by atoms with Crippen molar-refractivity contribution in [3.63, 3.8) is 0 Å². The fourth-order valence-corrected chi connectivity index (χ4v) is 2.13. The minimum atomic E-state index is -0.909. The highest BCUT2D eigenvalue weighted by atomic mass is 16.4. The van der Waals surface area contributed by atoms with Crippen LogP contribution in [0.2, 0.25) is 0 Å². The predicted molar refractivity (Wildman–Crippen MR) is 70.9 cm³/mol. The Labute approximate surface area is 112 Å². The van der Waals surface area contributed by atoms with E-state index in [1.165, 1.54) is 0 Å². The van der Waals surface area contributed by atoms with E-state index in [-0.39, 0.29) is 12.5 Å². The van der Waals surface area contributed by atoms with Gasteiger partial charge in [0.15, 0.2) is 0 Å². The minimum Gasteiger partial charge on any atom is -0.480 e. The lowest BCUT2D eigenvalue weighted by Gasteiger charge is -2.31. The number of nitrogens with one attached hydrogen (secondary N) is 1. The van der Waals surface area contributed by atoms with E-state index < -0.39 is 12.0 Å². The summed E-state index contributed by atoms with van der Waals surface area (Å²) in [5.74, 6) is -0.926. The van der Waals surface area contributed by atoms with E-state index >= 15 is 0 Å².